The van der Waals surface area contributed by atoms with Gasteiger partial charge in [-0.3, -0.25) is 4.68 Å². The first-order valence-electron chi connectivity index (χ1n) is 5.87. The normalized spacial score (nSPS) is 13.1. The molecule has 0 spiro atoms. The third-order valence-corrected chi connectivity index (χ3v) is 3.29. The Kier molecular flexibility index (Phi) is 5.29. The van der Waals surface area contributed by atoms with Crippen LogP contribution < -0.4 is 0 Å². The van der Waals surface area contributed by atoms with E-state index < -0.39 is 0 Å². The second kappa shape index (κ2) is 6.26. The third-order valence-electron chi connectivity index (χ3n) is 2.76. The van der Waals surface area contributed by atoms with Crippen LogP contribution in [-0.2, 0) is 11.3 Å². The highest BCUT2D eigenvalue weighted by Gasteiger charge is 2.17. The average molecular weight is 245 g/mol. The molecule has 0 amide bonds. The Bertz CT molecular complexity index is 336. The van der Waals surface area contributed by atoms with E-state index in [0.29, 0.717) is 6.61 Å². The summed E-state index contributed by atoms with van der Waals surface area (Å²) in [5.41, 5.74) is 3.38. The van der Waals surface area contributed by atoms with Crippen LogP contribution in [0.15, 0.2) is 0 Å². The lowest BCUT2D eigenvalue weighted by molar-refractivity contribution is 0.135. The van der Waals surface area contributed by atoms with Crippen molar-refractivity contribution in [2.75, 3.05) is 13.2 Å². The first-order valence-corrected chi connectivity index (χ1v) is 6.31. The molecule has 4 heteroatoms. The van der Waals surface area contributed by atoms with Crippen molar-refractivity contribution in [3.63, 3.8) is 0 Å². The lowest BCUT2D eigenvalue weighted by Crippen LogP contribution is -2.09. The summed E-state index contributed by atoms with van der Waals surface area (Å²) >= 11 is 6.29. The Morgan fingerprint density at radius 2 is 2.06 bits per heavy atom. The summed E-state index contributed by atoms with van der Waals surface area (Å²) < 4.78 is 7.33. The fourth-order valence-corrected chi connectivity index (χ4v) is 2.20. The molecular weight excluding hydrogens is 224 g/mol. The van der Waals surface area contributed by atoms with Gasteiger partial charge >= 0.3 is 0 Å². The molecule has 0 fully saturated rings. The van der Waals surface area contributed by atoms with Crippen molar-refractivity contribution >= 4 is 11.6 Å². The summed E-state index contributed by atoms with van der Waals surface area (Å²) in [4.78, 5) is 0. The van der Waals surface area contributed by atoms with Crippen LogP contribution in [-0.4, -0.2) is 23.0 Å². The van der Waals surface area contributed by atoms with E-state index in [1.54, 1.807) is 0 Å². The standard InChI is InChI=1S/C12H21ClN2O/c1-5-11(13)12-9(3)14-15(10(12)4)7-8-16-6-2/h11H,5-8H2,1-4H3. The quantitative estimate of drug-likeness (QED) is 0.568. The number of aryl methyl sites for hydroxylation is 1. The highest BCUT2D eigenvalue weighted by Crippen LogP contribution is 2.29. The number of hydrogen-bond acceptors (Lipinski definition) is 2. The number of halogens is 1. The van der Waals surface area contributed by atoms with E-state index in [9.17, 15) is 0 Å². The summed E-state index contributed by atoms with van der Waals surface area (Å²) in [7, 11) is 0. The molecule has 0 saturated heterocycles. The summed E-state index contributed by atoms with van der Waals surface area (Å²) in [6.45, 7) is 10.4. The van der Waals surface area contributed by atoms with Crippen molar-refractivity contribution < 1.29 is 4.74 Å². The van der Waals surface area contributed by atoms with E-state index in [-0.39, 0.29) is 5.38 Å². The molecule has 16 heavy (non-hydrogen) atoms. The van der Waals surface area contributed by atoms with Gasteiger partial charge < -0.3 is 4.74 Å². The Hall–Kier alpha value is -0.540. The molecule has 0 aliphatic heterocycles. The molecule has 1 atom stereocenters. The van der Waals surface area contributed by atoms with Gasteiger partial charge in [-0.05, 0) is 27.2 Å². The van der Waals surface area contributed by atoms with Crippen molar-refractivity contribution in [3.8, 4) is 0 Å². The summed E-state index contributed by atoms with van der Waals surface area (Å²) in [6, 6.07) is 0. The number of nitrogens with zero attached hydrogens (tertiary/aromatic N) is 2. The van der Waals surface area contributed by atoms with Crippen LogP contribution in [0.4, 0.5) is 0 Å². The van der Waals surface area contributed by atoms with Gasteiger partial charge in [-0.25, -0.2) is 0 Å². The predicted octanol–water partition coefficient (Wildman–Crippen LogP) is 3.23. The van der Waals surface area contributed by atoms with Crippen LogP contribution in [0.5, 0.6) is 0 Å². The van der Waals surface area contributed by atoms with Gasteiger partial charge in [-0.2, -0.15) is 5.10 Å². The smallest absolute Gasteiger partial charge is 0.0662 e. The van der Waals surface area contributed by atoms with Crippen LogP contribution in [0, 0.1) is 13.8 Å². The van der Waals surface area contributed by atoms with Gasteiger partial charge in [0, 0.05) is 17.9 Å². The fraction of sp³-hybridized carbons (Fsp3) is 0.750. The topological polar surface area (TPSA) is 27.1 Å². The Morgan fingerprint density at radius 1 is 1.38 bits per heavy atom. The molecule has 0 bridgehead atoms. The number of rotatable bonds is 6. The molecule has 1 unspecified atom stereocenters. The summed E-state index contributed by atoms with van der Waals surface area (Å²) in [6.07, 6.45) is 0.931. The molecule has 0 aliphatic rings. The van der Waals surface area contributed by atoms with Gasteiger partial charge in [0.25, 0.3) is 0 Å². The fourth-order valence-electron chi connectivity index (χ4n) is 1.88. The zero-order chi connectivity index (χ0) is 12.1. The van der Waals surface area contributed by atoms with Crippen molar-refractivity contribution in [2.45, 2.75) is 46.0 Å². The maximum Gasteiger partial charge on any atom is 0.0662 e. The van der Waals surface area contributed by atoms with Gasteiger partial charge in [0.15, 0.2) is 0 Å². The van der Waals surface area contributed by atoms with Gasteiger partial charge in [-0.1, -0.05) is 6.92 Å². The SMILES string of the molecule is CCOCCn1nc(C)c(C(Cl)CC)c1C. The van der Waals surface area contributed by atoms with Crippen LogP contribution in [0.2, 0.25) is 0 Å². The van der Waals surface area contributed by atoms with Gasteiger partial charge in [0.1, 0.15) is 0 Å². The van der Waals surface area contributed by atoms with E-state index in [1.807, 2.05) is 18.5 Å². The van der Waals surface area contributed by atoms with E-state index in [1.165, 1.54) is 11.3 Å². The van der Waals surface area contributed by atoms with Crippen LogP contribution in [0.1, 0.15) is 42.6 Å². The molecule has 1 aromatic heterocycles. The molecule has 0 N–H and O–H groups in total. The predicted molar refractivity (Wildman–Crippen MR) is 67.1 cm³/mol. The van der Waals surface area contributed by atoms with Crippen molar-refractivity contribution in [1.82, 2.24) is 9.78 Å². The van der Waals surface area contributed by atoms with Gasteiger partial charge in [0.2, 0.25) is 0 Å². The molecule has 1 heterocycles. The Morgan fingerprint density at radius 3 is 2.62 bits per heavy atom. The highest BCUT2D eigenvalue weighted by molar-refractivity contribution is 6.20. The lowest BCUT2D eigenvalue weighted by Gasteiger charge is -2.08. The van der Waals surface area contributed by atoms with E-state index >= 15 is 0 Å². The monoisotopic (exact) mass is 244 g/mol. The first kappa shape index (κ1) is 13.5. The van der Waals surface area contributed by atoms with Gasteiger partial charge in [-0.15, -0.1) is 11.6 Å². The molecule has 92 valence electrons. The highest BCUT2D eigenvalue weighted by atomic mass is 35.5. The zero-order valence-corrected chi connectivity index (χ0v) is 11.3. The summed E-state index contributed by atoms with van der Waals surface area (Å²) in [5.74, 6) is 0. The van der Waals surface area contributed by atoms with E-state index in [2.05, 4.69) is 18.9 Å². The van der Waals surface area contributed by atoms with Crippen molar-refractivity contribution in [3.05, 3.63) is 17.0 Å². The van der Waals surface area contributed by atoms with Gasteiger partial charge in [0.05, 0.1) is 24.2 Å². The number of aromatic nitrogens is 2. The molecule has 1 aromatic rings. The maximum absolute atomic E-state index is 6.29. The number of hydrogen-bond donors (Lipinski definition) is 0. The first-order chi connectivity index (χ1) is 7.61. The number of alkyl halides is 1. The second-order valence-corrected chi connectivity index (χ2v) is 4.41. The molecule has 0 radical (unpaired) electrons. The molecule has 0 aliphatic carbocycles. The molecule has 0 saturated carbocycles. The lowest BCUT2D eigenvalue weighted by atomic mass is 10.1. The average Bonchev–Trinajstić information content (AvgIpc) is 2.54. The molecular formula is C12H21ClN2O. The largest absolute Gasteiger partial charge is 0.380 e. The van der Waals surface area contributed by atoms with E-state index in [0.717, 1.165) is 25.3 Å². The third kappa shape index (κ3) is 2.98. The van der Waals surface area contributed by atoms with Crippen LogP contribution >= 0.6 is 11.6 Å². The Labute approximate surface area is 103 Å². The maximum atomic E-state index is 6.29. The second-order valence-electron chi connectivity index (χ2n) is 3.88. The van der Waals surface area contributed by atoms with E-state index in [4.69, 9.17) is 16.3 Å². The van der Waals surface area contributed by atoms with Crippen LogP contribution in [0.3, 0.4) is 0 Å². The summed E-state index contributed by atoms with van der Waals surface area (Å²) in [5, 5.41) is 4.57. The van der Waals surface area contributed by atoms with Crippen LogP contribution in [0.25, 0.3) is 0 Å². The van der Waals surface area contributed by atoms with Crippen molar-refractivity contribution in [1.29, 1.82) is 0 Å². The molecule has 0 aromatic carbocycles. The van der Waals surface area contributed by atoms with Crippen molar-refractivity contribution in [2.24, 2.45) is 0 Å². The molecule has 1 rings (SSSR count). The minimum absolute atomic E-state index is 0.0702. The zero-order valence-electron chi connectivity index (χ0n) is 10.6. The number of ether oxygens (including phenoxy) is 1. The Balaban J connectivity index is 2.80. The minimum Gasteiger partial charge on any atom is -0.380 e. The molecule has 3 nitrogen and oxygen atoms in total. The minimum atomic E-state index is 0.0702.